The molecule has 1 aromatic heterocycles. The standard InChI is InChI=1S/C16H29N5.HI/c1-15-6-5-11-21(14-15)13-8-19-16(17-2)18-7-12-20-9-3-4-10-20;/h3-4,9-10,15H,5-8,11-14H2,1-2H3,(H2,17,18,19);1H. The lowest BCUT2D eigenvalue weighted by Gasteiger charge is -2.30. The molecule has 2 N–H and O–H groups in total. The maximum Gasteiger partial charge on any atom is 0.191 e. The molecule has 0 radical (unpaired) electrons. The van der Waals surface area contributed by atoms with Crippen LogP contribution in [0.5, 0.6) is 0 Å². The summed E-state index contributed by atoms with van der Waals surface area (Å²) >= 11 is 0. The van der Waals surface area contributed by atoms with Crippen molar-refractivity contribution >= 4 is 29.9 Å². The topological polar surface area (TPSA) is 44.6 Å². The van der Waals surface area contributed by atoms with Crippen LogP contribution in [0.1, 0.15) is 19.8 Å². The summed E-state index contributed by atoms with van der Waals surface area (Å²) in [5.74, 6) is 1.74. The van der Waals surface area contributed by atoms with Crippen molar-refractivity contribution < 1.29 is 0 Å². The molecule has 1 saturated heterocycles. The van der Waals surface area contributed by atoms with Gasteiger partial charge in [0.15, 0.2) is 5.96 Å². The largest absolute Gasteiger partial charge is 0.355 e. The van der Waals surface area contributed by atoms with Crippen molar-refractivity contribution in [2.75, 3.05) is 39.8 Å². The second kappa shape index (κ2) is 10.9. The van der Waals surface area contributed by atoms with Crippen LogP contribution in [0.4, 0.5) is 0 Å². The number of nitrogens with one attached hydrogen (secondary N) is 2. The fourth-order valence-corrected chi connectivity index (χ4v) is 2.87. The Hall–Kier alpha value is -0.760. The molecule has 1 unspecified atom stereocenters. The number of guanidine groups is 1. The molecule has 1 atom stereocenters. The molecule has 1 aliphatic heterocycles. The molecule has 0 spiro atoms. The van der Waals surface area contributed by atoms with Crippen molar-refractivity contribution in [3.63, 3.8) is 0 Å². The Morgan fingerprint density at radius 3 is 2.50 bits per heavy atom. The lowest BCUT2D eigenvalue weighted by atomic mass is 10.0. The number of aliphatic imine (C=N–C) groups is 1. The van der Waals surface area contributed by atoms with Crippen LogP contribution in [-0.4, -0.2) is 55.2 Å². The predicted octanol–water partition coefficient (Wildman–Crippen LogP) is 2.00. The first-order chi connectivity index (χ1) is 10.3. The van der Waals surface area contributed by atoms with Gasteiger partial charge < -0.3 is 20.1 Å². The molecule has 1 fully saturated rings. The molecular weight excluding hydrogens is 389 g/mol. The van der Waals surface area contributed by atoms with E-state index in [9.17, 15) is 0 Å². The molecule has 2 rings (SSSR count). The van der Waals surface area contributed by atoms with Gasteiger partial charge in [-0.1, -0.05) is 6.92 Å². The Morgan fingerprint density at radius 1 is 1.18 bits per heavy atom. The van der Waals surface area contributed by atoms with Gasteiger partial charge >= 0.3 is 0 Å². The number of rotatable bonds is 6. The van der Waals surface area contributed by atoms with E-state index >= 15 is 0 Å². The van der Waals surface area contributed by atoms with Crippen LogP contribution in [-0.2, 0) is 6.54 Å². The number of piperidine rings is 1. The smallest absolute Gasteiger partial charge is 0.191 e. The molecule has 0 aliphatic carbocycles. The zero-order chi connectivity index (χ0) is 14.9. The molecule has 22 heavy (non-hydrogen) atoms. The molecule has 6 heteroatoms. The van der Waals surface area contributed by atoms with Crippen LogP contribution in [0.2, 0.25) is 0 Å². The molecule has 0 aromatic carbocycles. The van der Waals surface area contributed by atoms with Gasteiger partial charge in [-0.3, -0.25) is 4.99 Å². The van der Waals surface area contributed by atoms with E-state index in [1.54, 1.807) is 0 Å². The highest BCUT2D eigenvalue weighted by atomic mass is 127. The summed E-state index contributed by atoms with van der Waals surface area (Å²) in [5, 5.41) is 6.75. The average molecular weight is 419 g/mol. The summed E-state index contributed by atoms with van der Waals surface area (Å²) in [7, 11) is 1.83. The predicted molar refractivity (Wildman–Crippen MR) is 104 cm³/mol. The Labute approximate surface area is 151 Å². The first-order valence-electron chi connectivity index (χ1n) is 8.05. The molecule has 1 aromatic rings. The summed E-state index contributed by atoms with van der Waals surface area (Å²) in [6, 6.07) is 4.10. The number of hydrogen-bond donors (Lipinski definition) is 2. The van der Waals surface area contributed by atoms with E-state index in [1.165, 1.54) is 25.9 Å². The molecule has 1 aliphatic rings. The van der Waals surface area contributed by atoms with E-state index in [-0.39, 0.29) is 24.0 Å². The lowest BCUT2D eigenvalue weighted by Crippen LogP contribution is -2.44. The zero-order valence-corrected chi connectivity index (χ0v) is 16.1. The number of halogens is 1. The molecule has 0 amide bonds. The van der Waals surface area contributed by atoms with Crippen molar-refractivity contribution in [1.29, 1.82) is 0 Å². The minimum atomic E-state index is 0. The van der Waals surface area contributed by atoms with Gasteiger partial charge in [-0.25, -0.2) is 0 Å². The molecule has 0 bridgehead atoms. The molecular formula is C16H30IN5. The summed E-state index contributed by atoms with van der Waals surface area (Å²) in [4.78, 5) is 6.82. The SMILES string of the molecule is CN=C(NCCN1CCCC(C)C1)NCCn1cccc1.I. The minimum absolute atomic E-state index is 0. The third-order valence-corrected chi connectivity index (χ3v) is 4.01. The summed E-state index contributed by atoms with van der Waals surface area (Å²) in [5.41, 5.74) is 0. The Morgan fingerprint density at radius 2 is 1.86 bits per heavy atom. The monoisotopic (exact) mass is 419 g/mol. The highest BCUT2D eigenvalue weighted by Gasteiger charge is 2.15. The van der Waals surface area contributed by atoms with Crippen LogP contribution >= 0.6 is 24.0 Å². The molecule has 0 saturated carbocycles. The number of hydrogen-bond acceptors (Lipinski definition) is 2. The molecule has 2 heterocycles. The fourth-order valence-electron chi connectivity index (χ4n) is 2.87. The van der Waals surface area contributed by atoms with E-state index in [0.717, 1.165) is 38.1 Å². The van der Waals surface area contributed by atoms with Crippen molar-refractivity contribution in [1.82, 2.24) is 20.1 Å². The summed E-state index contributed by atoms with van der Waals surface area (Å²) in [6.07, 6.45) is 6.88. The van der Waals surface area contributed by atoms with Gasteiger partial charge in [0.1, 0.15) is 0 Å². The third kappa shape index (κ3) is 7.00. The Bertz CT molecular complexity index is 418. The van der Waals surface area contributed by atoms with Gasteiger partial charge in [-0.15, -0.1) is 24.0 Å². The van der Waals surface area contributed by atoms with Crippen molar-refractivity contribution in [3.05, 3.63) is 24.5 Å². The van der Waals surface area contributed by atoms with Gasteiger partial charge in [0, 0.05) is 52.2 Å². The summed E-state index contributed by atoms with van der Waals surface area (Å²) in [6.45, 7) is 8.72. The third-order valence-electron chi connectivity index (χ3n) is 4.01. The van der Waals surface area contributed by atoms with Crippen molar-refractivity contribution in [2.24, 2.45) is 10.9 Å². The van der Waals surface area contributed by atoms with Gasteiger partial charge in [0.05, 0.1) is 0 Å². The Balaban J connectivity index is 0.00000242. The van der Waals surface area contributed by atoms with Gasteiger partial charge in [0.25, 0.3) is 0 Å². The van der Waals surface area contributed by atoms with Crippen LogP contribution < -0.4 is 10.6 Å². The molecule has 126 valence electrons. The van der Waals surface area contributed by atoms with E-state index in [1.807, 2.05) is 19.2 Å². The maximum absolute atomic E-state index is 4.27. The Kier molecular flexibility index (Phi) is 9.54. The van der Waals surface area contributed by atoms with Crippen LogP contribution in [0.15, 0.2) is 29.5 Å². The number of likely N-dealkylation sites (tertiary alicyclic amines) is 1. The second-order valence-corrected chi connectivity index (χ2v) is 5.89. The van der Waals surface area contributed by atoms with Gasteiger partial charge in [-0.2, -0.15) is 0 Å². The quantitative estimate of drug-likeness (QED) is 0.421. The van der Waals surface area contributed by atoms with Crippen LogP contribution in [0, 0.1) is 5.92 Å². The normalized spacial score (nSPS) is 19.5. The number of aromatic nitrogens is 1. The number of nitrogens with zero attached hydrogens (tertiary/aromatic N) is 3. The maximum atomic E-state index is 4.27. The highest BCUT2D eigenvalue weighted by Crippen LogP contribution is 2.14. The van der Waals surface area contributed by atoms with Crippen molar-refractivity contribution in [3.8, 4) is 0 Å². The van der Waals surface area contributed by atoms with Crippen LogP contribution in [0.25, 0.3) is 0 Å². The van der Waals surface area contributed by atoms with Gasteiger partial charge in [0.2, 0.25) is 0 Å². The fraction of sp³-hybridized carbons (Fsp3) is 0.688. The van der Waals surface area contributed by atoms with Crippen molar-refractivity contribution in [2.45, 2.75) is 26.3 Å². The second-order valence-electron chi connectivity index (χ2n) is 5.89. The minimum Gasteiger partial charge on any atom is -0.355 e. The van der Waals surface area contributed by atoms with E-state index in [4.69, 9.17) is 0 Å². The van der Waals surface area contributed by atoms with E-state index in [2.05, 4.69) is 44.4 Å². The van der Waals surface area contributed by atoms with E-state index in [0.29, 0.717) is 0 Å². The summed E-state index contributed by atoms with van der Waals surface area (Å²) < 4.78 is 2.16. The van der Waals surface area contributed by atoms with E-state index < -0.39 is 0 Å². The lowest BCUT2D eigenvalue weighted by molar-refractivity contribution is 0.187. The zero-order valence-electron chi connectivity index (χ0n) is 13.8. The first kappa shape index (κ1) is 19.3. The van der Waals surface area contributed by atoms with Gasteiger partial charge in [-0.05, 0) is 37.4 Å². The van der Waals surface area contributed by atoms with Crippen LogP contribution in [0.3, 0.4) is 0 Å². The highest BCUT2D eigenvalue weighted by molar-refractivity contribution is 14.0. The average Bonchev–Trinajstić information content (AvgIpc) is 2.99. The first-order valence-corrected chi connectivity index (χ1v) is 8.05. The molecule has 5 nitrogen and oxygen atoms in total.